The van der Waals surface area contributed by atoms with Gasteiger partial charge in [-0.05, 0) is 18.9 Å². The molecule has 124 valence electrons. The van der Waals surface area contributed by atoms with Crippen molar-refractivity contribution in [3.8, 4) is 0 Å². The van der Waals surface area contributed by atoms with Crippen LogP contribution in [0.1, 0.15) is 23.2 Å². The molecule has 9 nitrogen and oxygen atoms in total. The fourth-order valence-corrected chi connectivity index (χ4v) is 2.20. The second-order valence-corrected chi connectivity index (χ2v) is 5.00. The van der Waals surface area contributed by atoms with Crippen LogP contribution in [0.25, 0.3) is 0 Å². The summed E-state index contributed by atoms with van der Waals surface area (Å²) >= 11 is 0. The Hall–Kier alpha value is -2.68. The molecule has 0 atom stereocenters. The number of nitrogens with one attached hydrogen (secondary N) is 2. The van der Waals surface area contributed by atoms with E-state index in [0.717, 1.165) is 12.1 Å². The number of nitro groups is 1. The van der Waals surface area contributed by atoms with Gasteiger partial charge in [0, 0.05) is 37.0 Å². The number of methoxy groups -OCH3 is 1. The van der Waals surface area contributed by atoms with Crippen molar-refractivity contribution in [2.45, 2.75) is 18.9 Å². The number of carbonyl (C=O) groups excluding carboxylic acids is 2. The van der Waals surface area contributed by atoms with Crippen molar-refractivity contribution in [3.63, 3.8) is 0 Å². The van der Waals surface area contributed by atoms with Crippen LogP contribution in [0.3, 0.4) is 0 Å². The molecular formula is C14H17N3O6. The van der Waals surface area contributed by atoms with Crippen molar-refractivity contribution in [2.75, 3.05) is 25.6 Å². The smallest absolute Gasteiger partial charge is 0.411 e. The van der Waals surface area contributed by atoms with Crippen molar-refractivity contribution in [1.82, 2.24) is 5.32 Å². The molecule has 2 rings (SSSR count). The molecule has 0 spiro atoms. The third-order valence-electron chi connectivity index (χ3n) is 3.38. The van der Waals surface area contributed by atoms with Crippen molar-refractivity contribution in [2.24, 2.45) is 0 Å². The summed E-state index contributed by atoms with van der Waals surface area (Å²) in [6.07, 6.45) is 0.600. The number of nitrogens with zero attached hydrogens (tertiary/aromatic N) is 1. The molecule has 1 aromatic rings. The quantitative estimate of drug-likeness (QED) is 0.642. The van der Waals surface area contributed by atoms with Gasteiger partial charge in [-0.3, -0.25) is 20.2 Å². The average Bonchev–Trinajstić information content (AvgIpc) is 2.55. The highest BCUT2D eigenvalue weighted by Crippen LogP contribution is 2.21. The number of non-ortho nitro benzene ring substituents is 1. The molecule has 0 radical (unpaired) electrons. The molecule has 2 amide bonds. The van der Waals surface area contributed by atoms with Gasteiger partial charge in [-0.2, -0.15) is 0 Å². The van der Waals surface area contributed by atoms with E-state index in [1.165, 1.54) is 13.2 Å². The van der Waals surface area contributed by atoms with Crippen LogP contribution in [0.4, 0.5) is 16.2 Å². The van der Waals surface area contributed by atoms with E-state index in [-0.39, 0.29) is 23.0 Å². The lowest BCUT2D eigenvalue weighted by Gasteiger charge is -2.23. The van der Waals surface area contributed by atoms with Crippen molar-refractivity contribution >= 4 is 23.4 Å². The first-order chi connectivity index (χ1) is 11.0. The summed E-state index contributed by atoms with van der Waals surface area (Å²) in [5.74, 6) is -0.437. The van der Waals surface area contributed by atoms with Crippen LogP contribution in [0.2, 0.25) is 0 Å². The first kappa shape index (κ1) is 16.7. The SMILES string of the molecule is COC(=O)Nc1cc(C(=O)NC2CCOCC2)cc([N+](=O)[O-])c1. The van der Waals surface area contributed by atoms with Gasteiger partial charge in [0.25, 0.3) is 11.6 Å². The zero-order valence-electron chi connectivity index (χ0n) is 12.5. The molecule has 2 N–H and O–H groups in total. The van der Waals surface area contributed by atoms with E-state index in [9.17, 15) is 19.7 Å². The first-order valence-electron chi connectivity index (χ1n) is 7.02. The van der Waals surface area contributed by atoms with E-state index in [0.29, 0.717) is 26.1 Å². The van der Waals surface area contributed by atoms with Crippen LogP contribution in [0.5, 0.6) is 0 Å². The fourth-order valence-electron chi connectivity index (χ4n) is 2.20. The second-order valence-electron chi connectivity index (χ2n) is 5.00. The Morgan fingerprint density at radius 2 is 2.00 bits per heavy atom. The lowest BCUT2D eigenvalue weighted by molar-refractivity contribution is -0.384. The van der Waals surface area contributed by atoms with E-state index in [4.69, 9.17) is 4.74 Å². The Morgan fingerprint density at radius 1 is 1.30 bits per heavy atom. The summed E-state index contributed by atoms with van der Waals surface area (Å²) in [7, 11) is 1.17. The number of ether oxygens (including phenoxy) is 2. The third kappa shape index (κ3) is 4.65. The number of anilines is 1. The van der Waals surface area contributed by atoms with E-state index < -0.39 is 16.9 Å². The van der Waals surface area contributed by atoms with Gasteiger partial charge in [0.1, 0.15) is 0 Å². The standard InChI is InChI=1S/C14H17N3O6/c1-22-14(19)16-11-6-9(7-12(8-11)17(20)21)13(18)15-10-2-4-23-5-3-10/h6-8,10H,2-5H2,1H3,(H,15,18)(H,16,19). The van der Waals surface area contributed by atoms with Gasteiger partial charge >= 0.3 is 6.09 Å². The molecule has 0 saturated carbocycles. The highest BCUT2D eigenvalue weighted by atomic mass is 16.6. The first-order valence-corrected chi connectivity index (χ1v) is 7.02. The Labute approximate surface area is 132 Å². The lowest BCUT2D eigenvalue weighted by atomic mass is 10.1. The van der Waals surface area contributed by atoms with Crippen LogP contribution >= 0.6 is 0 Å². The molecule has 0 unspecified atom stereocenters. The molecule has 1 aliphatic rings. The molecule has 23 heavy (non-hydrogen) atoms. The summed E-state index contributed by atoms with van der Waals surface area (Å²) in [4.78, 5) is 33.9. The average molecular weight is 323 g/mol. The number of carbonyl (C=O) groups is 2. The maximum absolute atomic E-state index is 12.3. The second kappa shape index (κ2) is 7.54. The maximum atomic E-state index is 12.3. The van der Waals surface area contributed by atoms with E-state index >= 15 is 0 Å². The molecule has 1 saturated heterocycles. The summed E-state index contributed by atoms with van der Waals surface area (Å²) < 4.78 is 9.65. The molecule has 1 fully saturated rings. The molecule has 1 heterocycles. The Bertz CT molecular complexity index is 613. The Balaban J connectivity index is 2.19. The molecule has 1 aliphatic heterocycles. The largest absolute Gasteiger partial charge is 0.453 e. The van der Waals surface area contributed by atoms with E-state index in [2.05, 4.69) is 15.4 Å². The summed E-state index contributed by atoms with van der Waals surface area (Å²) in [6, 6.07) is 3.64. The number of hydrogen-bond donors (Lipinski definition) is 2. The zero-order valence-corrected chi connectivity index (χ0v) is 12.5. The highest BCUT2D eigenvalue weighted by molar-refractivity contribution is 5.97. The predicted octanol–water partition coefficient (Wildman–Crippen LogP) is 1.68. The van der Waals surface area contributed by atoms with Crippen LogP contribution in [-0.4, -0.2) is 43.3 Å². The van der Waals surface area contributed by atoms with Gasteiger partial charge in [0.15, 0.2) is 0 Å². The van der Waals surface area contributed by atoms with Gasteiger partial charge in [-0.25, -0.2) is 4.79 Å². The lowest BCUT2D eigenvalue weighted by Crippen LogP contribution is -2.38. The number of rotatable bonds is 4. The molecule has 0 aliphatic carbocycles. The third-order valence-corrected chi connectivity index (χ3v) is 3.38. The van der Waals surface area contributed by atoms with Gasteiger partial charge < -0.3 is 14.8 Å². The predicted molar refractivity (Wildman–Crippen MR) is 80.4 cm³/mol. The van der Waals surface area contributed by atoms with Crippen LogP contribution in [0.15, 0.2) is 18.2 Å². The summed E-state index contributed by atoms with van der Waals surface area (Å²) in [5.41, 5.74) is -0.0868. The Kier molecular flexibility index (Phi) is 5.47. The van der Waals surface area contributed by atoms with Crippen molar-refractivity contribution in [3.05, 3.63) is 33.9 Å². The monoisotopic (exact) mass is 323 g/mol. The molecule has 9 heteroatoms. The molecule has 0 aromatic heterocycles. The highest BCUT2D eigenvalue weighted by Gasteiger charge is 2.20. The van der Waals surface area contributed by atoms with Gasteiger partial charge in [0.05, 0.1) is 17.7 Å². The van der Waals surface area contributed by atoms with E-state index in [1.807, 2.05) is 0 Å². The summed E-state index contributed by atoms with van der Waals surface area (Å²) in [6.45, 7) is 1.13. The van der Waals surface area contributed by atoms with E-state index in [1.54, 1.807) is 0 Å². The van der Waals surface area contributed by atoms with Crippen molar-refractivity contribution in [1.29, 1.82) is 0 Å². The maximum Gasteiger partial charge on any atom is 0.411 e. The minimum absolute atomic E-state index is 0.0347. The van der Waals surface area contributed by atoms with Crippen LogP contribution < -0.4 is 10.6 Å². The topological polar surface area (TPSA) is 120 Å². The molecule has 0 bridgehead atoms. The van der Waals surface area contributed by atoms with Gasteiger partial charge in [0.2, 0.25) is 0 Å². The van der Waals surface area contributed by atoms with Crippen molar-refractivity contribution < 1.29 is 24.0 Å². The number of amides is 2. The summed E-state index contributed by atoms with van der Waals surface area (Å²) in [5, 5.41) is 16.1. The Morgan fingerprint density at radius 3 is 2.61 bits per heavy atom. The molecule has 1 aromatic carbocycles. The normalized spacial score (nSPS) is 14.8. The number of benzene rings is 1. The fraction of sp³-hybridized carbons (Fsp3) is 0.429. The van der Waals surface area contributed by atoms with Gasteiger partial charge in [-0.15, -0.1) is 0 Å². The molecular weight excluding hydrogens is 306 g/mol. The minimum atomic E-state index is -0.777. The van der Waals surface area contributed by atoms with Crippen LogP contribution in [0, 0.1) is 10.1 Å². The number of nitro benzene ring substituents is 1. The van der Waals surface area contributed by atoms with Crippen LogP contribution in [-0.2, 0) is 9.47 Å². The van der Waals surface area contributed by atoms with Gasteiger partial charge in [-0.1, -0.05) is 0 Å². The number of hydrogen-bond acceptors (Lipinski definition) is 6. The zero-order chi connectivity index (χ0) is 16.8. The minimum Gasteiger partial charge on any atom is -0.453 e.